The summed E-state index contributed by atoms with van der Waals surface area (Å²) in [6.07, 6.45) is 0. The Morgan fingerprint density at radius 1 is 1.14 bits per heavy atom. The van der Waals surface area contributed by atoms with Gasteiger partial charge < -0.3 is 0 Å². The molecule has 0 fully saturated rings. The maximum absolute atomic E-state index is 12.5. The van der Waals surface area contributed by atoms with E-state index in [1.54, 1.807) is 0 Å². The summed E-state index contributed by atoms with van der Waals surface area (Å²) in [4.78, 5) is 13.2. The van der Waals surface area contributed by atoms with Crippen LogP contribution < -0.4 is 5.32 Å². The van der Waals surface area contributed by atoms with E-state index in [2.05, 4.69) is 29.4 Å². The highest BCUT2D eigenvalue weighted by Gasteiger charge is 2.17. The summed E-state index contributed by atoms with van der Waals surface area (Å²) in [6, 6.07) is 11.9. The van der Waals surface area contributed by atoms with E-state index in [-0.39, 0.29) is 5.91 Å². The Labute approximate surface area is 136 Å². The Kier molecular flexibility index (Phi) is 4.31. The van der Waals surface area contributed by atoms with Gasteiger partial charge in [0.25, 0.3) is 5.91 Å². The number of rotatable bonds is 4. The molecule has 0 spiro atoms. The summed E-state index contributed by atoms with van der Waals surface area (Å²) >= 11 is 2.85. The Hall–Kier alpha value is -2.05. The molecule has 6 heteroatoms. The number of nitrogens with zero attached hydrogens (tertiary/aromatic N) is 2. The number of amides is 1. The van der Waals surface area contributed by atoms with Crippen molar-refractivity contribution in [1.29, 1.82) is 0 Å². The van der Waals surface area contributed by atoms with Gasteiger partial charge in [-0.3, -0.25) is 10.1 Å². The number of nitrogens with one attached hydrogen (secondary N) is 1. The third-order valence-corrected chi connectivity index (χ3v) is 5.16. The number of anilines is 1. The normalized spacial score (nSPS) is 10.9. The van der Waals surface area contributed by atoms with Crippen LogP contribution in [0.25, 0.3) is 11.1 Å². The monoisotopic (exact) mass is 329 g/mol. The minimum absolute atomic E-state index is 0.139. The van der Waals surface area contributed by atoms with Crippen molar-refractivity contribution in [2.45, 2.75) is 19.8 Å². The van der Waals surface area contributed by atoms with E-state index in [0.29, 0.717) is 15.9 Å². The van der Waals surface area contributed by atoms with Gasteiger partial charge in [-0.25, -0.2) is 0 Å². The predicted octanol–water partition coefficient (Wildman–Crippen LogP) is 4.64. The quantitative estimate of drug-likeness (QED) is 0.758. The van der Waals surface area contributed by atoms with Gasteiger partial charge in [-0.15, -0.1) is 21.5 Å². The number of hydrogen-bond donors (Lipinski definition) is 1. The highest BCUT2D eigenvalue weighted by molar-refractivity contribution is 7.16. The molecular weight excluding hydrogens is 314 g/mol. The molecule has 1 N–H and O–H groups in total. The molecule has 22 heavy (non-hydrogen) atoms. The summed E-state index contributed by atoms with van der Waals surface area (Å²) in [5.74, 6) is 0.171. The molecule has 2 aromatic heterocycles. The number of thiophene rings is 1. The summed E-state index contributed by atoms with van der Waals surface area (Å²) in [6.45, 7) is 4.11. The number of carbonyl (C=O) groups excluding carboxylic acids is 1. The largest absolute Gasteiger partial charge is 0.296 e. The van der Waals surface area contributed by atoms with Gasteiger partial charge in [0.05, 0.1) is 0 Å². The zero-order valence-electron chi connectivity index (χ0n) is 12.2. The lowest BCUT2D eigenvalue weighted by atomic mass is 10.1. The molecule has 0 aliphatic rings. The van der Waals surface area contributed by atoms with E-state index in [0.717, 1.165) is 16.1 Å². The average molecular weight is 329 g/mol. The van der Waals surface area contributed by atoms with Crippen LogP contribution in [0, 0.1) is 0 Å². The lowest BCUT2D eigenvalue weighted by Crippen LogP contribution is -2.11. The van der Waals surface area contributed by atoms with Crippen molar-refractivity contribution in [2.75, 3.05) is 5.32 Å². The summed E-state index contributed by atoms with van der Waals surface area (Å²) in [7, 11) is 0. The first-order valence-corrected chi connectivity index (χ1v) is 8.62. The van der Waals surface area contributed by atoms with Gasteiger partial charge in [-0.05, 0) is 17.0 Å². The summed E-state index contributed by atoms with van der Waals surface area (Å²) in [5.41, 5.74) is 1.98. The smallest absolute Gasteiger partial charge is 0.268 e. The van der Waals surface area contributed by atoms with Crippen molar-refractivity contribution in [3.05, 3.63) is 51.7 Å². The van der Waals surface area contributed by atoms with E-state index in [1.165, 1.54) is 22.7 Å². The van der Waals surface area contributed by atoms with Gasteiger partial charge >= 0.3 is 0 Å². The van der Waals surface area contributed by atoms with E-state index >= 15 is 0 Å². The van der Waals surface area contributed by atoms with E-state index < -0.39 is 0 Å². The van der Waals surface area contributed by atoms with Crippen LogP contribution in [0.2, 0.25) is 0 Å². The lowest BCUT2D eigenvalue weighted by molar-refractivity contribution is 0.103. The van der Waals surface area contributed by atoms with Gasteiger partial charge in [-0.1, -0.05) is 55.5 Å². The molecule has 0 aliphatic carbocycles. The van der Waals surface area contributed by atoms with Crippen molar-refractivity contribution >= 4 is 33.7 Å². The standard InChI is InChI=1S/C16H15N3OS2/c1-10(2)15-18-19-16(22-15)17-14(20)13-12(8-9-21-13)11-6-4-3-5-7-11/h3-10H,1-2H3,(H,17,19,20). The van der Waals surface area contributed by atoms with E-state index in [4.69, 9.17) is 0 Å². The lowest BCUT2D eigenvalue weighted by Gasteiger charge is -2.03. The first-order valence-electron chi connectivity index (χ1n) is 6.93. The topological polar surface area (TPSA) is 54.9 Å². The van der Waals surface area contributed by atoms with Gasteiger partial charge in [0.2, 0.25) is 5.13 Å². The fourth-order valence-electron chi connectivity index (χ4n) is 2.00. The first-order chi connectivity index (χ1) is 10.6. The Balaban J connectivity index is 1.83. The van der Waals surface area contributed by atoms with Crippen molar-refractivity contribution in [1.82, 2.24) is 10.2 Å². The zero-order chi connectivity index (χ0) is 15.5. The Bertz CT molecular complexity index is 778. The maximum atomic E-state index is 12.5. The second kappa shape index (κ2) is 6.37. The molecule has 4 nitrogen and oxygen atoms in total. The molecule has 3 rings (SSSR count). The van der Waals surface area contributed by atoms with Crippen LogP contribution in [-0.2, 0) is 0 Å². The second-order valence-corrected chi connectivity index (χ2v) is 7.01. The number of hydrogen-bond acceptors (Lipinski definition) is 5. The van der Waals surface area contributed by atoms with Crippen molar-refractivity contribution in [3.63, 3.8) is 0 Å². The average Bonchev–Trinajstić information content (AvgIpc) is 3.17. The van der Waals surface area contributed by atoms with Gasteiger partial charge in [0.1, 0.15) is 9.88 Å². The first kappa shape index (κ1) is 14.9. The summed E-state index contributed by atoms with van der Waals surface area (Å²) in [5, 5.41) is 14.4. The number of aromatic nitrogens is 2. The fourth-order valence-corrected chi connectivity index (χ4v) is 3.55. The minimum atomic E-state index is -0.139. The minimum Gasteiger partial charge on any atom is -0.296 e. The van der Waals surface area contributed by atoms with Crippen LogP contribution in [0.5, 0.6) is 0 Å². The van der Waals surface area contributed by atoms with Crippen molar-refractivity contribution in [3.8, 4) is 11.1 Å². The summed E-state index contributed by atoms with van der Waals surface area (Å²) < 4.78 is 0. The SMILES string of the molecule is CC(C)c1nnc(NC(=O)c2sccc2-c2ccccc2)s1. The molecule has 0 aliphatic heterocycles. The van der Waals surface area contributed by atoms with Crippen LogP contribution >= 0.6 is 22.7 Å². The molecule has 0 unspecified atom stereocenters. The molecule has 1 aromatic carbocycles. The highest BCUT2D eigenvalue weighted by Crippen LogP contribution is 2.29. The third kappa shape index (κ3) is 3.08. The third-order valence-electron chi connectivity index (χ3n) is 3.11. The van der Waals surface area contributed by atoms with Crippen LogP contribution in [0.3, 0.4) is 0 Å². The molecule has 0 atom stereocenters. The second-order valence-electron chi connectivity index (χ2n) is 5.08. The number of benzene rings is 1. The van der Waals surface area contributed by atoms with Crippen LogP contribution in [-0.4, -0.2) is 16.1 Å². The van der Waals surface area contributed by atoms with Crippen molar-refractivity contribution < 1.29 is 4.79 Å². The van der Waals surface area contributed by atoms with Crippen LogP contribution in [0.15, 0.2) is 41.8 Å². The van der Waals surface area contributed by atoms with Gasteiger partial charge in [0.15, 0.2) is 0 Å². The van der Waals surface area contributed by atoms with Crippen LogP contribution in [0.4, 0.5) is 5.13 Å². The molecule has 112 valence electrons. The van der Waals surface area contributed by atoms with Gasteiger partial charge in [0, 0.05) is 11.5 Å². The molecular formula is C16H15N3OS2. The molecule has 2 heterocycles. The zero-order valence-corrected chi connectivity index (χ0v) is 13.9. The Morgan fingerprint density at radius 2 is 1.91 bits per heavy atom. The number of carbonyl (C=O) groups is 1. The fraction of sp³-hybridized carbons (Fsp3) is 0.188. The highest BCUT2D eigenvalue weighted by atomic mass is 32.1. The molecule has 3 aromatic rings. The van der Waals surface area contributed by atoms with Crippen LogP contribution in [0.1, 0.15) is 34.4 Å². The van der Waals surface area contributed by atoms with E-state index in [1.807, 2.05) is 41.8 Å². The maximum Gasteiger partial charge on any atom is 0.268 e. The predicted molar refractivity (Wildman–Crippen MR) is 91.7 cm³/mol. The molecule has 0 saturated carbocycles. The molecule has 0 radical (unpaired) electrons. The molecule has 1 amide bonds. The van der Waals surface area contributed by atoms with Gasteiger partial charge in [-0.2, -0.15) is 0 Å². The Morgan fingerprint density at radius 3 is 2.59 bits per heavy atom. The van der Waals surface area contributed by atoms with Crippen molar-refractivity contribution in [2.24, 2.45) is 0 Å². The molecule has 0 bridgehead atoms. The molecule has 0 saturated heterocycles. The van der Waals surface area contributed by atoms with E-state index in [9.17, 15) is 4.79 Å².